The number of carbonyl (C=O) groups is 2. The van der Waals surface area contributed by atoms with Gasteiger partial charge < -0.3 is 19.9 Å². The monoisotopic (exact) mass is 513 g/mol. The van der Waals surface area contributed by atoms with Crippen LogP contribution >= 0.6 is 0 Å². The van der Waals surface area contributed by atoms with Crippen molar-refractivity contribution in [3.05, 3.63) is 53.1 Å². The van der Waals surface area contributed by atoms with Gasteiger partial charge in [-0.15, -0.1) is 8.78 Å². The van der Waals surface area contributed by atoms with Crippen molar-refractivity contribution in [2.45, 2.75) is 57.4 Å². The first-order valence-corrected chi connectivity index (χ1v) is 11.3. The Hall–Kier alpha value is -3.37. The van der Waals surface area contributed by atoms with Crippen LogP contribution < -0.4 is 14.8 Å². The minimum Gasteiger partial charge on any atom is -0.481 e. The predicted molar refractivity (Wildman–Crippen MR) is 118 cm³/mol. The summed E-state index contributed by atoms with van der Waals surface area (Å²) in [5, 5.41) is 11.8. The van der Waals surface area contributed by atoms with Crippen molar-refractivity contribution in [1.29, 1.82) is 0 Å². The summed E-state index contributed by atoms with van der Waals surface area (Å²) in [6.45, 7) is 2.50. The van der Waals surface area contributed by atoms with Crippen LogP contribution in [0, 0.1) is 18.8 Å². The molecule has 1 fully saturated rings. The number of fused-ring (bicyclic) bond motifs is 1. The molecule has 11 heteroatoms. The van der Waals surface area contributed by atoms with Gasteiger partial charge in [0.05, 0.1) is 18.3 Å². The minimum absolute atomic E-state index is 0.101. The largest absolute Gasteiger partial charge is 0.586 e. The number of nitrogens with one attached hydrogen (secondary N) is 1. The van der Waals surface area contributed by atoms with Gasteiger partial charge in [0.15, 0.2) is 11.5 Å². The van der Waals surface area contributed by atoms with E-state index in [0.29, 0.717) is 11.1 Å². The first-order chi connectivity index (χ1) is 16.7. The molecule has 0 bridgehead atoms. The molecule has 3 atom stereocenters. The number of carbonyl (C=O) groups excluding carboxylic acids is 1. The van der Waals surface area contributed by atoms with E-state index in [9.17, 15) is 36.6 Å². The zero-order valence-electron chi connectivity index (χ0n) is 19.4. The number of rotatable bonds is 8. The Morgan fingerprint density at radius 2 is 1.72 bits per heavy atom. The van der Waals surface area contributed by atoms with Crippen molar-refractivity contribution in [1.82, 2.24) is 0 Å². The molecule has 0 unspecified atom stereocenters. The lowest BCUT2D eigenvalue weighted by molar-refractivity contribution is -0.286. The minimum atomic E-state index is -4.77. The molecular weight excluding hydrogens is 489 g/mol. The summed E-state index contributed by atoms with van der Waals surface area (Å²) in [5.74, 6) is -6.81. The highest BCUT2D eigenvalue weighted by molar-refractivity contribution is 5.97. The molecule has 0 radical (unpaired) electrons. The molecule has 1 heterocycles. The van der Waals surface area contributed by atoms with E-state index >= 15 is 0 Å². The quantitative estimate of drug-likeness (QED) is 0.411. The summed E-state index contributed by atoms with van der Waals surface area (Å²) in [6, 6.07) is 8.12. The number of alkyl halides is 5. The number of aliphatic carboxylic acids is 1. The first kappa shape index (κ1) is 25.7. The van der Waals surface area contributed by atoms with Crippen LogP contribution in [0.3, 0.4) is 0 Å². The van der Waals surface area contributed by atoms with E-state index in [1.165, 1.54) is 0 Å². The number of anilines is 1. The van der Waals surface area contributed by atoms with Crippen molar-refractivity contribution in [2.75, 3.05) is 5.32 Å². The molecule has 1 amide bonds. The highest BCUT2D eigenvalue weighted by Crippen LogP contribution is 2.47. The second-order valence-corrected chi connectivity index (χ2v) is 9.29. The van der Waals surface area contributed by atoms with Gasteiger partial charge in [-0.05, 0) is 66.5 Å². The molecule has 0 aromatic heterocycles. The topological polar surface area (TPSA) is 84.9 Å². The molecule has 4 rings (SSSR count). The first-order valence-electron chi connectivity index (χ1n) is 11.3. The molecule has 2 aliphatic rings. The summed E-state index contributed by atoms with van der Waals surface area (Å²) >= 11 is 0. The number of ether oxygens (including phenoxy) is 2. The molecule has 1 aliphatic heterocycles. The van der Waals surface area contributed by atoms with Crippen molar-refractivity contribution in [3.8, 4) is 11.5 Å². The van der Waals surface area contributed by atoms with Gasteiger partial charge in [-0.3, -0.25) is 9.59 Å². The lowest BCUT2D eigenvalue weighted by atomic mass is 9.85. The molecule has 0 saturated heterocycles. The van der Waals surface area contributed by atoms with E-state index in [4.69, 9.17) is 0 Å². The third kappa shape index (κ3) is 5.55. The Morgan fingerprint density at radius 3 is 2.33 bits per heavy atom. The molecule has 2 aromatic rings. The van der Waals surface area contributed by atoms with E-state index in [1.807, 2.05) is 0 Å². The lowest BCUT2D eigenvalue weighted by Gasteiger charge is -2.26. The van der Waals surface area contributed by atoms with Crippen LogP contribution in [0.25, 0.3) is 0 Å². The molecule has 2 N–H and O–H groups in total. The Labute approximate surface area is 203 Å². The van der Waals surface area contributed by atoms with Gasteiger partial charge in [0.1, 0.15) is 0 Å². The fraction of sp³-hybridized carbons (Fsp3) is 0.440. The maximum absolute atomic E-state index is 13.7. The lowest BCUT2D eigenvalue weighted by Crippen LogP contribution is -2.34. The van der Waals surface area contributed by atoms with E-state index in [2.05, 4.69) is 14.8 Å². The van der Waals surface area contributed by atoms with E-state index < -0.39 is 41.9 Å². The maximum Gasteiger partial charge on any atom is 0.586 e. The summed E-state index contributed by atoms with van der Waals surface area (Å²) in [4.78, 5) is 24.6. The third-order valence-corrected chi connectivity index (χ3v) is 6.62. The highest BCUT2D eigenvalue weighted by Gasteiger charge is 2.47. The number of amides is 1. The van der Waals surface area contributed by atoms with Crippen molar-refractivity contribution in [3.63, 3.8) is 0 Å². The van der Waals surface area contributed by atoms with Gasteiger partial charge in [-0.1, -0.05) is 25.1 Å². The van der Waals surface area contributed by atoms with Gasteiger partial charge in [0, 0.05) is 5.69 Å². The Bertz CT molecular complexity index is 1180. The number of halogens is 5. The molecule has 6 nitrogen and oxygen atoms in total. The van der Waals surface area contributed by atoms with Crippen LogP contribution in [0.5, 0.6) is 11.5 Å². The molecule has 1 saturated carbocycles. The molecular formula is C25H24F5NO5. The number of carboxylic acid groups (broad SMARTS) is 1. The molecule has 1 aliphatic carbocycles. The smallest absolute Gasteiger partial charge is 0.481 e. The summed E-state index contributed by atoms with van der Waals surface area (Å²) in [7, 11) is 0. The number of benzene rings is 2. The summed E-state index contributed by atoms with van der Waals surface area (Å²) in [6.07, 6.45) is -7.07. The molecule has 0 spiro atoms. The number of hydrogen-bond acceptors (Lipinski definition) is 4. The fourth-order valence-corrected chi connectivity index (χ4v) is 4.47. The van der Waals surface area contributed by atoms with Crippen LogP contribution in [0.15, 0.2) is 36.4 Å². The van der Waals surface area contributed by atoms with Gasteiger partial charge in [-0.25, -0.2) is 0 Å². The summed E-state index contributed by atoms with van der Waals surface area (Å²) < 4.78 is 76.7. The van der Waals surface area contributed by atoms with Gasteiger partial charge >= 0.3 is 18.4 Å². The Balaban J connectivity index is 1.65. The zero-order valence-corrected chi connectivity index (χ0v) is 19.4. The van der Waals surface area contributed by atoms with Crippen molar-refractivity contribution in [2.24, 2.45) is 11.8 Å². The van der Waals surface area contributed by atoms with Crippen molar-refractivity contribution < 1.29 is 46.1 Å². The third-order valence-electron chi connectivity index (χ3n) is 6.62. The zero-order chi connectivity index (χ0) is 26.4. The second-order valence-electron chi connectivity index (χ2n) is 9.29. The fourth-order valence-electron chi connectivity index (χ4n) is 4.47. The van der Waals surface area contributed by atoms with Gasteiger partial charge in [-0.2, -0.15) is 13.2 Å². The van der Waals surface area contributed by atoms with Crippen LogP contribution in [0.1, 0.15) is 54.7 Å². The normalized spacial score (nSPS) is 18.9. The van der Waals surface area contributed by atoms with E-state index in [1.54, 1.807) is 25.1 Å². The standard InChI is InChI=1S/C25H24F5NO5/c1-12-3-4-15(17(11-21(32)33)14-5-6-14)9-18(12)31-23(34)22(13(2)24(26,27)28)16-7-8-19-20(10-16)36-25(29,30)35-19/h3-4,7-10,13-14,17,22H,5-6,11H2,1-2H3,(H,31,34)(H,32,33)/t13-,17+,22-/m1/s1. The predicted octanol–water partition coefficient (Wildman–Crippen LogP) is 6.21. The van der Waals surface area contributed by atoms with Crippen LogP contribution in [0.2, 0.25) is 0 Å². The van der Waals surface area contributed by atoms with Crippen molar-refractivity contribution >= 4 is 17.6 Å². The van der Waals surface area contributed by atoms with Crippen LogP contribution in [-0.4, -0.2) is 29.5 Å². The van der Waals surface area contributed by atoms with Crippen LogP contribution in [0.4, 0.5) is 27.6 Å². The average Bonchev–Trinajstić information content (AvgIpc) is 3.55. The number of hydrogen-bond donors (Lipinski definition) is 2. The van der Waals surface area contributed by atoms with Gasteiger partial charge in [0.25, 0.3) is 0 Å². The Kier molecular flexibility index (Phi) is 6.61. The van der Waals surface area contributed by atoms with E-state index in [0.717, 1.165) is 38.0 Å². The number of aryl methyl sites for hydroxylation is 1. The summed E-state index contributed by atoms with van der Waals surface area (Å²) in [5.41, 5.74) is 1.32. The SMILES string of the molecule is Cc1ccc([C@@H](CC(=O)O)C2CC2)cc1NC(=O)[C@@H](c1ccc2c(c1)OC(F)(F)O2)[C@@H](C)C(F)(F)F. The van der Waals surface area contributed by atoms with Gasteiger partial charge in [0.2, 0.25) is 5.91 Å². The second kappa shape index (κ2) is 9.25. The van der Waals surface area contributed by atoms with E-state index in [-0.39, 0.29) is 35.3 Å². The van der Waals surface area contributed by atoms with Crippen LogP contribution in [-0.2, 0) is 9.59 Å². The average molecular weight is 513 g/mol. The highest BCUT2D eigenvalue weighted by atomic mass is 19.4. The molecule has 194 valence electrons. The number of carboxylic acids is 1. The Morgan fingerprint density at radius 1 is 1.08 bits per heavy atom. The molecule has 36 heavy (non-hydrogen) atoms. The maximum atomic E-state index is 13.7. The molecule has 2 aromatic carbocycles.